The second-order valence-corrected chi connectivity index (χ2v) is 6.54. The first-order valence-corrected chi connectivity index (χ1v) is 7.50. The van der Waals surface area contributed by atoms with Crippen LogP contribution in [0.25, 0.3) is 0 Å². The molecule has 0 amide bonds. The standard InChI is InChI=1S/C11H22N4O2S/c1-5-9(2)8-15(4)18(16,17)11-10(6-12-3)7-13-14-11/h7,9,12H,5-6,8H2,1-4H3,(H,13,14). The van der Waals surface area contributed by atoms with Crippen molar-refractivity contribution < 1.29 is 8.42 Å². The van der Waals surface area contributed by atoms with Gasteiger partial charge in [-0.05, 0) is 13.0 Å². The summed E-state index contributed by atoms with van der Waals surface area (Å²) < 4.78 is 26.1. The molecular formula is C11H22N4O2S. The smallest absolute Gasteiger partial charge is 0.260 e. The van der Waals surface area contributed by atoms with E-state index in [2.05, 4.69) is 15.5 Å². The SMILES string of the molecule is CCC(C)CN(C)S(=O)(=O)c1[nH]ncc1CNC. The molecule has 0 radical (unpaired) electrons. The maximum atomic E-state index is 12.4. The molecule has 0 spiro atoms. The first-order chi connectivity index (χ1) is 8.43. The molecule has 1 aromatic heterocycles. The fourth-order valence-corrected chi connectivity index (χ4v) is 3.05. The summed E-state index contributed by atoms with van der Waals surface area (Å²) in [7, 11) is -0.106. The number of rotatable bonds is 7. The van der Waals surface area contributed by atoms with E-state index in [0.717, 1.165) is 6.42 Å². The van der Waals surface area contributed by atoms with Gasteiger partial charge in [-0.1, -0.05) is 20.3 Å². The molecule has 1 rings (SSSR count). The molecule has 1 heterocycles. The summed E-state index contributed by atoms with van der Waals surface area (Å²) in [6, 6.07) is 0. The number of hydrogen-bond acceptors (Lipinski definition) is 4. The van der Waals surface area contributed by atoms with Crippen LogP contribution in [-0.2, 0) is 16.6 Å². The summed E-state index contributed by atoms with van der Waals surface area (Å²) in [4.78, 5) is 0. The van der Waals surface area contributed by atoms with Crippen molar-refractivity contribution in [3.8, 4) is 0 Å². The van der Waals surface area contributed by atoms with E-state index < -0.39 is 10.0 Å². The van der Waals surface area contributed by atoms with Gasteiger partial charge in [0, 0.05) is 25.7 Å². The molecule has 0 aliphatic carbocycles. The summed E-state index contributed by atoms with van der Waals surface area (Å²) in [5.74, 6) is 0.334. The van der Waals surface area contributed by atoms with E-state index in [9.17, 15) is 8.42 Å². The van der Waals surface area contributed by atoms with E-state index in [-0.39, 0.29) is 5.03 Å². The number of hydrogen-bond donors (Lipinski definition) is 2. The third-order valence-corrected chi connectivity index (χ3v) is 4.82. The average molecular weight is 274 g/mol. The first-order valence-electron chi connectivity index (χ1n) is 6.06. The van der Waals surface area contributed by atoms with Gasteiger partial charge in [0.1, 0.15) is 0 Å². The fourth-order valence-electron chi connectivity index (χ4n) is 1.66. The highest BCUT2D eigenvalue weighted by molar-refractivity contribution is 7.89. The molecule has 1 unspecified atom stereocenters. The Kier molecular flexibility index (Phi) is 5.30. The number of nitrogens with one attached hydrogen (secondary N) is 2. The maximum absolute atomic E-state index is 12.4. The Morgan fingerprint density at radius 1 is 1.56 bits per heavy atom. The van der Waals surface area contributed by atoms with Gasteiger partial charge in [0.15, 0.2) is 5.03 Å². The van der Waals surface area contributed by atoms with Crippen LogP contribution in [0.15, 0.2) is 11.2 Å². The van der Waals surface area contributed by atoms with Crippen LogP contribution in [0.4, 0.5) is 0 Å². The van der Waals surface area contributed by atoms with Crippen molar-refractivity contribution in [2.24, 2.45) is 5.92 Å². The van der Waals surface area contributed by atoms with Gasteiger partial charge in [-0.3, -0.25) is 5.10 Å². The van der Waals surface area contributed by atoms with Crippen molar-refractivity contribution in [3.05, 3.63) is 11.8 Å². The summed E-state index contributed by atoms with van der Waals surface area (Å²) in [6.07, 6.45) is 2.49. The first kappa shape index (κ1) is 15.1. The van der Waals surface area contributed by atoms with Gasteiger partial charge >= 0.3 is 0 Å². The molecule has 1 aromatic rings. The quantitative estimate of drug-likeness (QED) is 0.771. The van der Waals surface area contributed by atoms with Gasteiger partial charge in [-0.2, -0.15) is 9.40 Å². The fraction of sp³-hybridized carbons (Fsp3) is 0.727. The molecule has 0 fully saturated rings. The molecule has 0 saturated carbocycles. The van der Waals surface area contributed by atoms with Gasteiger partial charge in [-0.25, -0.2) is 8.42 Å². The molecule has 7 heteroatoms. The summed E-state index contributed by atoms with van der Waals surface area (Å²) in [5, 5.41) is 9.51. The van der Waals surface area contributed by atoms with Crippen LogP contribution in [0.2, 0.25) is 0 Å². The molecule has 18 heavy (non-hydrogen) atoms. The van der Waals surface area contributed by atoms with Gasteiger partial charge in [0.25, 0.3) is 10.0 Å². The largest absolute Gasteiger partial charge is 0.316 e. The summed E-state index contributed by atoms with van der Waals surface area (Å²) in [6.45, 7) is 5.07. The predicted molar refractivity (Wildman–Crippen MR) is 70.6 cm³/mol. The molecular weight excluding hydrogens is 252 g/mol. The molecule has 0 saturated heterocycles. The highest BCUT2D eigenvalue weighted by Crippen LogP contribution is 2.17. The minimum Gasteiger partial charge on any atom is -0.316 e. The van der Waals surface area contributed by atoms with Crippen LogP contribution >= 0.6 is 0 Å². The molecule has 104 valence electrons. The van der Waals surface area contributed by atoms with Gasteiger partial charge in [0.05, 0.1) is 6.20 Å². The van der Waals surface area contributed by atoms with Crippen molar-refractivity contribution in [3.63, 3.8) is 0 Å². The Labute approximate surface area is 109 Å². The number of H-pyrrole nitrogens is 1. The van der Waals surface area contributed by atoms with E-state index >= 15 is 0 Å². The van der Waals surface area contributed by atoms with Crippen LogP contribution in [0.1, 0.15) is 25.8 Å². The highest BCUT2D eigenvalue weighted by atomic mass is 32.2. The van der Waals surface area contributed by atoms with E-state index in [1.54, 1.807) is 20.3 Å². The summed E-state index contributed by atoms with van der Waals surface area (Å²) >= 11 is 0. The third-order valence-electron chi connectivity index (χ3n) is 2.98. The second-order valence-electron chi connectivity index (χ2n) is 4.55. The Balaban J connectivity index is 2.94. The Hall–Kier alpha value is -0.920. The summed E-state index contributed by atoms with van der Waals surface area (Å²) in [5.41, 5.74) is 0.661. The zero-order valence-electron chi connectivity index (χ0n) is 11.4. The van der Waals surface area contributed by atoms with Crippen LogP contribution in [0.3, 0.4) is 0 Å². The van der Waals surface area contributed by atoms with Gasteiger partial charge in [-0.15, -0.1) is 0 Å². The third kappa shape index (κ3) is 3.30. The number of sulfonamides is 1. The molecule has 1 atom stereocenters. The van der Waals surface area contributed by atoms with E-state index in [4.69, 9.17) is 0 Å². The molecule has 0 aliphatic rings. The zero-order chi connectivity index (χ0) is 13.8. The maximum Gasteiger partial charge on any atom is 0.260 e. The predicted octanol–water partition coefficient (Wildman–Crippen LogP) is 0.796. The minimum absolute atomic E-state index is 0.183. The van der Waals surface area contributed by atoms with E-state index in [0.29, 0.717) is 24.6 Å². The van der Waals surface area contributed by atoms with Crippen molar-refractivity contribution in [1.29, 1.82) is 0 Å². The number of aromatic amines is 1. The Bertz CT molecular complexity index is 469. The number of aromatic nitrogens is 2. The topological polar surface area (TPSA) is 78.1 Å². The van der Waals surface area contributed by atoms with Crippen LogP contribution < -0.4 is 5.32 Å². The Morgan fingerprint density at radius 2 is 2.22 bits per heavy atom. The van der Waals surface area contributed by atoms with Gasteiger partial charge < -0.3 is 5.32 Å². The average Bonchev–Trinajstić information content (AvgIpc) is 2.78. The van der Waals surface area contributed by atoms with E-state index in [1.165, 1.54) is 4.31 Å². The van der Waals surface area contributed by atoms with Crippen molar-refractivity contribution >= 4 is 10.0 Å². The lowest BCUT2D eigenvalue weighted by Gasteiger charge is -2.20. The normalized spacial score (nSPS) is 14.1. The molecule has 0 bridgehead atoms. The Morgan fingerprint density at radius 3 is 2.78 bits per heavy atom. The van der Waals surface area contributed by atoms with Crippen molar-refractivity contribution in [2.75, 3.05) is 20.6 Å². The highest BCUT2D eigenvalue weighted by Gasteiger charge is 2.26. The molecule has 2 N–H and O–H groups in total. The lowest BCUT2D eigenvalue weighted by atomic mass is 10.1. The van der Waals surface area contributed by atoms with Crippen LogP contribution in [0.5, 0.6) is 0 Å². The lowest BCUT2D eigenvalue weighted by Crippen LogP contribution is -2.32. The molecule has 0 aromatic carbocycles. The van der Waals surface area contributed by atoms with Gasteiger partial charge in [0.2, 0.25) is 0 Å². The van der Waals surface area contributed by atoms with Crippen LogP contribution in [0, 0.1) is 5.92 Å². The van der Waals surface area contributed by atoms with Crippen molar-refractivity contribution in [1.82, 2.24) is 19.8 Å². The van der Waals surface area contributed by atoms with E-state index in [1.807, 2.05) is 13.8 Å². The van der Waals surface area contributed by atoms with Crippen molar-refractivity contribution in [2.45, 2.75) is 31.8 Å². The number of nitrogens with zero attached hydrogens (tertiary/aromatic N) is 2. The minimum atomic E-state index is -3.48. The monoisotopic (exact) mass is 274 g/mol. The second kappa shape index (κ2) is 6.31. The molecule has 0 aliphatic heterocycles. The van der Waals surface area contributed by atoms with Crippen LogP contribution in [-0.4, -0.2) is 43.6 Å². The zero-order valence-corrected chi connectivity index (χ0v) is 12.2. The molecule has 6 nitrogen and oxygen atoms in total. The lowest BCUT2D eigenvalue weighted by molar-refractivity contribution is 0.392.